The maximum Gasteiger partial charge on any atom is 0.261 e. The van der Waals surface area contributed by atoms with Crippen molar-refractivity contribution in [2.45, 2.75) is 6.10 Å². The molecule has 1 fully saturated rings. The number of aliphatic hydroxyl groups excluding tert-OH is 1. The van der Waals surface area contributed by atoms with Crippen LogP contribution in [0.5, 0.6) is 0 Å². The molecule has 22 heavy (non-hydrogen) atoms. The predicted octanol–water partition coefficient (Wildman–Crippen LogP) is 1.10. The summed E-state index contributed by atoms with van der Waals surface area (Å²) >= 11 is 1.36. The van der Waals surface area contributed by atoms with Gasteiger partial charge in [-0.15, -0.1) is 23.7 Å². The molecule has 0 saturated carbocycles. The topological polar surface area (TPSA) is 83.5 Å². The summed E-state index contributed by atoms with van der Waals surface area (Å²) in [5.74, 6) is -0.184. The number of pyridine rings is 1. The Balaban J connectivity index is 0.00000176. The fourth-order valence-electron chi connectivity index (χ4n) is 2.44. The zero-order valence-corrected chi connectivity index (χ0v) is 13.5. The van der Waals surface area contributed by atoms with Crippen LogP contribution in [0.4, 0.5) is 0 Å². The van der Waals surface area contributed by atoms with Gasteiger partial charge in [-0.25, -0.2) is 4.98 Å². The number of hydrogen-bond donors (Lipinski definition) is 3. The van der Waals surface area contributed by atoms with Crippen LogP contribution >= 0.6 is 23.7 Å². The van der Waals surface area contributed by atoms with Crippen molar-refractivity contribution in [3.05, 3.63) is 28.8 Å². The van der Waals surface area contributed by atoms with Gasteiger partial charge < -0.3 is 20.5 Å². The smallest absolute Gasteiger partial charge is 0.261 e. The van der Waals surface area contributed by atoms with E-state index in [-0.39, 0.29) is 37.6 Å². The Kier molecular flexibility index (Phi) is 6.10. The average molecular weight is 344 g/mol. The van der Waals surface area contributed by atoms with E-state index in [1.54, 1.807) is 6.20 Å². The molecule has 1 unspecified atom stereocenters. The number of amides is 1. The van der Waals surface area contributed by atoms with E-state index in [0.29, 0.717) is 18.0 Å². The summed E-state index contributed by atoms with van der Waals surface area (Å²) in [4.78, 5) is 18.1. The molecule has 1 amide bonds. The lowest BCUT2D eigenvalue weighted by molar-refractivity contribution is 0.0282. The highest BCUT2D eigenvalue weighted by Crippen LogP contribution is 2.36. The third-order valence-electron chi connectivity index (χ3n) is 3.36. The van der Waals surface area contributed by atoms with Crippen molar-refractivity contribution < 1.29 is 14.6 Å². The van der Waals surface area contributed by atoms with Crippen molar-refractivity contribution in [2.75, 3.05) is 32.8 Å². The minimum Gasteiger partial charge on any atom is -0.395 e. The van der Waals surface area contributed by atoms with Gasteiger partial charge in [-0.05, 0) is 6.07 Å². The number of nitrogens with one attached hydrogen (secondary N) is 2. The molecule has 0 aliphatic carbocycles. The van der Waals surface area contributed by atoms with Crippen LogP contribution in [0.25, 0.3) is 10.2 Å². The van der Waals surface area contributed by atoms with Crippen molar-refractivity contribution in [2.24, 2.45) is 0 Å². The molecule has 0 bridgehead atoms. The largest absolute Gasteiger partial charge is 0.395 e. The van der Waals surface area contributed by atoms with Gasteiger partial charge in [0.2, 0.25) is 0 Å². The minimum absolute atomic E-state index is 0. The van der Waals surface area contributed by atoms with Crippen molar-refractivity contribution in [1.82, 2.24) is 15.6 Å². The molecule has 0 aromatic carbocycles. The van der Waals surface area contributed by atoms with Gasteiger partial charge in [-0.2, -0.15) is 0 Å². The Bertz CT molecular complexity index is 643. The number of aliphatic hydroxyl groups is 1. The van der Waals surface area contributed by atoms with E-state index >= 15 is 0 Å². The van der Waals surface area contributed by atoms with E-state index in [9.17, 15) is 4.79 Å². The highest BCUT2D eigenvalue weighted by molar-refractivity contribution is 7.20. The second-order valence-electron chi connectivity index (χ2n) is 4.74. The van der Waals surface area contributed by atoms with Crippen LogP contribution in [0.2, 0.25) is 0 Å². The number of nitrogens with zero attached hydrogens (tertiary/aromatic N) is 1. The molecule has 6 nitrogen and oxygen atoms in total. The molecule has 1 saturated heterocycles. The number of ether oxygens (including phenoxy) is 1. The summed E-state index contributed by atoms with van der Waals surface area (Å²) < 4.78 is 5.81. The predicted molar refractivity (Wildman–Crippen MR) is 87.8 cm³/mol. The van der Waals surface area contributed by atoms with Gasteiger partial charge in [0.25, 0.3) is 5.91 Å². The van der Waals surface area contributed by atoms with E-state index in [0.717, 1.165) is 22.3 Å². The van der Waals surface area contributed by atoms with E-state index in [2.05, 4.69) is 15.6 Å². The van der Waals surface area contributed by atoms with Gasteiger partial charge in [-0.1, -0.05) is 6.07 Å². The van der Waals surface area contributed by atoms with Crippen LogP contribution in [0, 0.1) is 0 Å². The first-order chi connectivity index (χ1) is 10.3. The van der Waals surface area contributed by atoms with Crippen LogP contribution in [0.3, 0.4) is 0 Å². The van der Waals surface area contributed by atoms with Gasteiger partial charge in [0.1, 0.15) is 9.71 Å². The van der Waals surface area contributed by atoms with Gasteiger partial charge >= 0.3 is 0 Å². The first-order valence-corrected chi connectivity index (χ1v) is 7.71. The molecule has 0 radical (unpaired) electrons. The quantitative estimate of drug-likeness (QED) is 0.774. The normalized spacial score (nSPS) is 18.0. The molecule has 1 aliphatic rings. The number of morpholine rings is 1. The van der Waals surface area contributed by atoms with Crippen LogP contribution in [-0.2, 0) is 4.74 Å². The number of fused-ring (bicyclic) bond motifs is 1. The fraction of sp³-hybridized carbons (Fsp3) is 0.429. The molecule has 3 heterocycles. The van der Waals surface area contributed by atoms with Crippen LogP contribution in [0.15, 0.2) is 18.3 Å². The summed E-state index contributed by atoms with van der Waals surface area (Å²) in [5.41, 5.74) is 0.894. The third-order valence-corrected chi connectivity index (χ3v) is 4.49. The molecule has 1 aliphatic heterocycles. The van der Waals surface area contributed by atoms with Crippen molar-refractivity contribution in [3.8, 4) is 0 Å². The van der Waals surface area contributed by atoms with Crippen molar-refractivity contribution in [3.63, 3.8) is 0 Å². The van der Waals surface area contributed by atoms with Crippen LogP contribution in [0.1, 0.15) is 21.3 Å². The molecular formula is C14H18ClN3O3S. The molecule has 8 heteroatoms. The number of carbonyl (C=O) groups excluding carboxylic acids is 1. The van der Waals surface area contributed by atoms with Crippen LogP contribution < -0.4 is 10.6 Å². The molecule has 2 aromatic rings. The minimum atomic E-state index is -0.184. The van der Waals surface area contributed by atoms with Gasteiger partial charge in [-0.3, -0.25) is 4.79 Å². The Labute approximate surface area is 138 Å². The third kappa shape index (κ3) is 3.39. The highest BCUT2D eigenvalue weighted by Gasteiger charge is 2.27. The number of aromatic nitrogens is 1. The molecule has 120 valence electrons. The Hall–Kier alpha value is -1.25. The maximum absolute atomic E-state index is 12.3. The second-order valence-corrected chi connectivity index (χ2v) is 5.74. The summed E-state index contributed by atoms with van der Waals surface area (Å²) in [6.45, 7) is 2.29. The van der Waals surface area contributed by atoms with E-state index in [4.69, 9.17) is 9.84 Å². The lowest BCUT2D eigenvalue weighted by Crippen LogP contribution is -2.34. The number of halogens is 1. The second kappa shape index (κ2) is 7.85. The zero-order chi connectivity index (χ0) is 14.7. The van der Waals surface area contributed by atoms with Crippen molar-refractivity contribution in [1.29, 1.82) is 0 Å². The standard InChI is InChI=1S/C14H17N3O3S.ClH/c18-6-4-16-13(19)12-11(10-8-15-5-7-20-10)9-2-1-3-17-14(9)21-12;/h1-3,10,15,18H,4-8H2,(H,16,19);1H. The average Bonchev–Trinajstić information content (AvgIpc) is 2.93. The Morgan fingerprint density at radius 2 is 2.45 bits per heavy atom. The van der Waals surface area contributed by atoms with Crippen molar-refractivity contribution >= 4 is 39.9 Å². The lowest BCUT2D eigenvalue weighted by atomic mass is 10.0. The molecule has 0 spiro atoms. The first kappa shape index (κ1) is 17.1. The van der Waals surface area contributed by atoms with Crippen LogP contribution in [-0.4, -0.2) is 48.8 Å². The maximum atomic E-state index is 12.3. The van der Waals surface area contributed by atoms with E-state index in [1.807, 2.05) is 12.1 Å². The summed E-state index contributed by atoms with van der Waals surface area (Å²) in [6.07, 6.45) is 1.57. The van der Waals surface area contributed by atoms with Gasteiger partial charge in [0.15, 0.2) is 0 Å². The van der Waals surface area contributed by atoms with E-state index < -0.39 is 0 Å². The zero-order valence-electron chi connectivity index (χ0n) is 11.9. The number of rotatable bonds is 4. The Morgan fingerprint density at radius 3 is 3.18 bits per heavy atom. The monoisotopic (exact) mass is 343 g/mol. The molecule has 1 atom stereocenters. The lowest BCUT2D eigenvalue weighted by Gasteiger charge is -2.24. The summed E-state index contributed by atoms with van der Waals surface area (Å²) in [7, 11) is 0. The molecular weight excluding hydrogens is 326 g/mol. The molecule has 3 N–H and O–H groups in total. The fourth-order valence-corrected chi connectivity index (χ4v) is 3.55. The molecule has 3 rings (SSSR count). The van der Waals surface area contributed by atoms with E-state index in [1.165, 1.54) is 11.3 Å². The summed E-state index contributed by atoms with van der Waals surface area (Å²) in [5, 5.41) is 15.8. The highest BCUT2D eigenvalue weighted by atomic mass is 35.5. The molecule has 2 aromatic heterocycles. The summed E-state index contributed by atoms with van der Waals surface area (Å²) in [6, 6.07) is 3.83. The van der Waals surface area contributed by atoms with Gasteiger partial charge in [0.05, 0.1) is 19.3 Å². The SMILES string of the molecule is Cl.O=C(NCCO)c1sc2ncccc2c1C1CNCCO1. The number of hydrogen-bond acceptors (Lipinski definition) is 6. The van der Waals surface area contributed by atoms with Gasteiger partial charge in [0, 0.05) is 36.8 Å². The Morgan fingerprint density at radius 1 is 1.59 bits per heavy atom. The number of carbonyl (C=O) groups is 1. The first-order valence-electron chi connectivity index (χ1n) is 6.90. The number of thiophene rings is 1.